The van der Waals surface area contributed by atoms with E-state index in [2.05, 4.69) is 108 Å². The van der Waals surface area contributed by atoms with Crippen LogP contribution in [0.4, 0.5) is 0 Å². The normalized spacial score (nSPS) is 11.3. The molecule has 8 heteroatoms. The van der Waals surface area contributed by atoms with E-state index >= 15 is 0 Å². The number of rotatable bonds is 5. The van der Waals surface area contributed by atoms with E-state index in [4.69, 9.17) is 0 Å². The number of aromatic nitrogens is 6. The number of hydrogen-bond acceptors (Lipinski definition) is 6. The van der Waals surface area contributed by atoms with Crippen LogP contribution >= 0.6 is 0 Å². The Morgan fingerprint density at radius 2 is 0.926 bits per heavy atom. The maximum absolute atomic E-state index is 10.8. The molecule has 10 rings (SSSR count). The Kier molecular flexibility index (Phi) is 7.07. The second-order valence-electron chi connectivity index (χ2n) is 13.0. The Hall–Kier alpha value is -7.94. The van der Waals surface area contributed by atoms with Crippen molar-refractivity contribution in [1.82, 2.24) is 29.1 Å². The molecule has 10 aromatic rings. The summed E-state index contributed by atoms with van der Waals surface area (Å²) in [5.74, 6) is 1.30. The van der Waals surface area contributed by atoms with Crippen LogP contribution in [0.25, 0.3) is 88.9 Å². The summed E-state index contributed by atoms with van der Waals surface area (Å²) in [6, 6.07) is 49.2. The van der Waals surface area contributed by atoms with Crippen molar-refractivity contribution in [3.63, 3.8) is 0 Å². The van der Waals surface area contributed by atoms with Gasteiger partial charge < -0.3 is 9.13 Å². The number of fused-ring (bicyclic) bond motifs is 6. The van der Waals surface area contributed by atoms with Gasteiger partial charge in [-0.25, -0.2) is 19.9 Å². The quantitative estimate of drug-likeness (QED) is 0.178. The van der Waals surface area contributed by atoms with Crippen LogP contribution in [-0.4, -0.2) is 29.1 Å². The maximum Gasteiger partial charge on any atom is 0.159 e. The number of nitrogens with zero attached hydrogens (tertiary/aromatic N) is 8. The summed E-state index contributed by atoms with van der Waals surface area (Å²) in [6.07, 6.45) is 7.01. The van der Waals surface area contributed by atoms with E-state index in [1.807, 2.05) is 60.7 Å². The third kappa shape index (κ3) is 4.83. The second-order valence-corrected chi connectivity index (χ2v) is 13.0. The Balaban J connectivity index is 1.33. The molecule has 0 spiro atoms. The van der Waals surface area contributed by atoms with Crippen LogP contribution in [0, 0.1) is 22.7 Å². The van der Waals surface area contributed by atoms with Gasteiger partial charge >= 0.3 is 0 Å². The fraction of sp³-hybridized carbons (Fsp3) is 0. The van der Waals surface area contributed by atoms with E-state index in [1.165, 1.54) is 0 Å². The molecule has 0 aliphatic carbocycles. The Morgan fingerprint density at radius 1 is 0.407 bits per heavy atom. The summed E-state index contributed by atoms with van der Waals surface area (Å²) in [4.78, 5) is 18.1. The van der Waals surface area contributed by atoms with E-state index in [9.17, 15) is 10.5 Å². The highest BCUT2D eigenvalue weighted by Crippen LogP contribution is 2.42. The molecule has 6 aromatic carbocycles. The molecule has 0 saturated heterocycles. The molecule has 0 aliphatic heterocycles. The third-order valence-corrected chi connectivity index (χ3v) is 10.0. The molecule has 0 radical (unpaired) electrons. The molecule has 0 N–H and O–H groups in total. The first kappa shape index (κ1) is 30.8. The summed E-state index contributed by atoms with van der Waals surface area (Å²) in [5.41, 5.74) is 10.0. The van der Waals surface area contributed by atoms with Crippen molar-refractivity contribution >= 4 is 43.6 Å². The second kappa shape index (κ2) is 12.4. The molecule has 54 heavy (non-hydrogen) atoms. The third-order valence-electron chi connectivity index (χ3n) is 10.0. The Morgan fingerprint density at radius 3 is 1.46 bits per heavy atom. The van der Waals surface area contributed by atoms with Crippen LogP contribution in [0.3, 0.4) is 0 Å². The summed E-state index contributed by atoms with van der Waals surface area (Å²) >= 11 is 0. The lowest BCUT2D eigenvalue weighted by Gasteiger charge is -2.19. The molecular weight excluding hydrogens is 665 g/mol. The van der Waals surface area contributed by atoms with E-state index < -0.39 is 0 Å². The maximum atomic E-state index is 10.8. The molecule has 0 aliphatic rings. The lowest BCUT2D eigenvalue weighted by Crippen LogP contribution is -2.05. The van der Waals surface area contributed by atoms with Gasteiger partial charge in [0.1, 0.15) is 0 Å². The highest BCUT2D eigenvalue weighted by molar-refractivity contribution is 6.13. The summed E-state index contributed by atoms with van der Waals surface area (Å²) < 4.78 is 4.53. The molecule has 8 nitrogen and oxygen atoms in total. The van der Waals surface area contributed by atoms with Crippen molar-refractivity contribution in [3.05, 3.63) is 169 Å². The number of para-hydroxylation sites is 2. The Bertz CT molecular complexity index is 3180. The molecule has 0 atom stereocenters. The van der Waals surface area contributed by atoms with E-state index in [1.54, 1.807) is 30.9 Å². The predicted molar refractivity (Wildman–Crippen MR) is 212 cm³/mol. The van der Waals surface area contributed by atoms with Crippen LogP contribution in [0.2, 0.25) is 0 Å². The van der Waals surface area contributed by atoms with Gasteiger partial charge in [0.25, 0.3) is 0 Å². The molecule has 0 unspecified atom stereocenters. The van der Waals surface area contributed by atoms with Gasteiger partial charge in [-0.3, -0.25) is 0 Å². The molecule has 0 saturated carbocycles. The van der Waals surface area contributed by atoms with Gasteiger partial charge in [0.05, 0.1) is 56.7 Å². The fourth-order valence-electron chi connectivity index (χ4n) is 7.66. The SMILES string of the molecule is N#Cc1cccc(-c2cc(-n3c4ccccc4c4cc(-c5ncccn5)ccc43)c(-n3c4ccccc4c4cc(-c5ncccn5)ccc43)cc2C#N)c1. The molecular formula is C46H26N8. The van der Waals surface area contributed by atoms with Gasteiger partial charge in [-0.15, -0.1) is 0 Å². The van der Waals surface area contributed by atoms with Gasteiger partial charge in [-0.2, -0.15) is 10.5 Å². The van der Waals surface area contributed by atoms with E-state index in [-0.39, 0.29) is 0 Å². The van der Waals surface area contributed by atoms with Gasteiger partial charge in [-0.1, -0.05) is 48.5 Å². The van der Waals surface area contributed by atoms with Crippen molar-refractivity contribution in [1.29, 1.82) is 10.5 Å². The van der Waals surface area contributed by atoms with E-state index in [0.717, 1.165) is 77.2 Å². The molecule has 0 bridgehead atoms. The number of hydrogen-bond donors (Lipinski definition) is 0. The molecule has 250 valence electrons. The lowest BCUT2D eigenvalue weighted by atomic mass is 9.97. The van der Waals surface area contributed by atoms with E-state index in [0.29, 0.717) is 22.8 Å². The molecule has 0 amide bonds. The van der Waals surface area contributed by atoms with Crippen molar-refractivity contribution in [3.8, 4) is 57.4 Å². The highest BCUT2D eigenvalue weighted by atomic mass is 15.1. The zero-order chi connectivity index (χ0) is 36.2. The van der Waals surface area contributed by atoms with Crippen LogP contribution < -0.4 is 0 Å². The first-order valence-electron chi connectivity index (χ1n) is 17.4. The largest absolute Gasteiger partial charge is 0.307 e. The average Bonchev–Trinajstić information content (AvgIpc) is 3.76. The number of nitriles is 2. The predicted octanol–water partition coefficient (Wildman–Crippen LogP) is 10.2. The minimum Gasteiger partial charge on any atom is -0.307 e. The first-order chi connectivity index (χ1) is 26.7. The molecule has 0 fully saturated rings. The van der Waals surface area contributed by atoms with Crippen molar-refractivity contribution in [2.24, 2.45) is 0 Å². The van der Waals surface area contributed by atoms with Crippen LogP contribution in [0.5, 0.6) is 0 Å². The van der Waals surface area contributed by atoms with Crippen LogP contribution in [0.1, 0.15) is 11.1 Å². The standard InChI is InChI=1S/C46H26N8/c47-27-29-8-5-9-30(22-29)36-26-44(54-40-13-4-2-11-35(40)38-24-32(15-17-42(38)54)46-51-20-7-21-52-46)43(25-33(36)28-48)53-39-12-3-1-10-34(39)37-23-31(14-16-41(37)53)45-49-18-6-19-50-45/h1-26H. The van der Waals surface area contributed by atoms with Gasteiger partial charge in [0.2, 0.25) is 0 Å². The van der Waals surface area contributed by atoms with Crippen LogP contribution in [0.15, 0.2) is 158 Å². The molecule has 4 aromatic heterocycles. The smallest absolute Gasteiger partial charge is 0.159 e. The topological polar surface area (TPSA) is 109 Å². The molecule has 4 heterocycles. The summed E-state index contributed by atoms with van der Waals surface area (Å²) in [5, 5.41) is 24.8. The zero-order valence-electron chi connectivity index (χ0n) is 28.6. The van der Waals surface area contributed by atoms with Gasteiger partial charge in [0, 0.05) is 63.0 Å². The first-order valence-corrected chi connectivity index (χ1v) is 17.4. The van der Waals surface area contributed by atoms with Gasteiger partial charge in [-0.05, 0) is 90.5 Å². The van der Waals surface area contributed by atoms with Crippen molar-refractivity contribution < 1.29 is 0 Å². The average molecular weight is 691 g/mol. The summed E-state index contributed by atoms with van der Waals surface area (Å²) in [6.45, 7) is 0. The number of benzene rings is 6. The minimum absolute atomic E-state index is 0.494. The lowest BCUT2D eigenvalue weighted by molar-refractivity contribution is 1.09. The van der Waals surface area contributed by atoms with Gasteiger partial charge in [0.15, 0.2) is 11.6 Å². The highest BCUT2D eigenvalue weighted by Gasteiger charge is 2.23. The van der Waals surface area contributed by atoms with Crippen LogP contribution in [-0.2, 0) is 0 Å². The Labute approximate surface area is 309 Å². The monoisotopic (exact) mass is 690 g/mol. The summed E-state index contributed by atoms with van der Waals surface area (Å²) in [7, 11) is 0. The zero-order valence-corrected chi connectivity index (χ0v) is 28.6. The van der Waals surface area contributed by atoms with Crippen molar-refractivity contribution in [2.45, 2.75) is 0 Å². The fourth-order valence-corrected chi connectivity index (χ4v) is 7.66. The van der Waals surface area contributed by atoms with Crippen molar-refractivity contribution in [2.75, 3.05) is 0 Å². The minimum atomic E-state index is 0.494.